The van der Waals surface area contributed by atoms with Crippen LogP contribution in [0.25, 0.3) is 0 Å². The number of rotatable bonds is 2. The lowest BCUT2D eigenvalue weighted by Gasteiger charge is -2.17. The second-order valence-electron chi connectivity index (χ2n) is 3.79. The van der Waals surface area contributed by atoms with Gasteiger partial charge in [-0.1, -0.05) is 0 Å². The first kappa shape index (κ1) is 10.9. The molecule has 2 rings (SSSR count). The monoisotopic (exact) mass is 224 g/mol. The number of hydrogen-bond donors (Lipinski definition) is 1. The van der Waals surface area contributed by atoms with Crippen LogP contribution in [0.4, 0.5) is 10.1 Å². The summed E-state index contributed by atoms with van der Waals surface area (Å²) in [6.07, 6.45) is 0.269. The van der Waals surface area contributed by atoms with E-state index in [1.54, 1.807) is 6.07 Å². The standard InChI is InChI=1S/C11H13FN2O2/c1-16-8-2-3-10(9(12)5-8)14-6-7(13)4-11(14)15/h2-3,5,7H,4,6,13H2,1H3. The number of anilines is 1. The van der Waals surface area contributed by atoms with Crippen molar-refractivity contribution in [2.45, 2.75) is 12.5 Å². The molecular weight excluding hydrogens is 211 g/mol. The summed E-state index contributed by atoms with van der Waals surface area (Å²) in [5.74, 6) is -0.185. The van der Waals surface area contributed by atoms with Crippen LogP contribution < -0.4 is 15.4 Å². The van der Waals surface area contributed by atoms with Gasteiger partial charge in [-0.05, 0) is 12.1 Å². The molecule has 1 saturated heterocycles. The van der Waals surface area contributed by atoms with Gasteiger partial charge < -0.3 is 15.4 Å². The zero-order chi connectivity index (χ0) is 11.7. The maximum atomic E-state index is 13.7. The van der Waals surface area contributed by atoms with E-state index in [9.17, 15) is 9.18 Å². The third-order valence-electron chi connectivity index (χ3n) is 2.60. The van der Waals surface area contributed by atoms with Crippen LogP contribution in [-0.2, 0) is 4.79 Å². The first-order valence-electron chi connectivity index (χ1n) is 5.01. The van der Waals surface area contributed by atoms with Crippen LogP contribution in [0.1, 0.15) is 6.42 Å². The molecule has 0 spiro atoms. The minimum absolute atomic E-state index is 0.142. The van der Waals surface area contributed by atoms with Gasteiger partial charge in [0, 0.05) is 25.1 Å². The summed E-state index contributed by atoms with van der Waals surface area (Å²) in [6.45, 7) is 0.363. The first-order valence-corrected chi connectivity index (χ1v) is 5.01. The Morgan fingerprint density at radius 3 is 2.81 bits per heavy atom. The van der Waals surface area contributed by atoms with Gasteiger partial charge in [0.1, 0.15) is 5.75 Å². The van der Waals surface area contributed by atoms with Gasteiger partial charge in [-0.3, -0.25) is 4.79 Å². The highest BCUT2D eigenvalue weighted by Gasteiger charge is 2.29. The summed E-state index contributed by atoms with van der Waals surface area (Å²) < 4.78 is 18.6. The number of amides is 1. The van der Waals surface area contributed by atoms with E-state index in [0.29, 0.717) is 12.3 Å². The largest absolute Gasteiger partial charge is 0.497 e. The zero-order valence-corrected chi connectivity index (χ0v) is 8.94. The zero-order valence-electron chi connectivity index (χ0n) is 8.94. The molecule has 0 aliphatic carbocycles. The maximum Gasteiger partial charge on any atom is 0.228 e. The topological polar surface area (TPSA) is 55.6 Å². The Balaban J connectivity index is 2.30. The van der Waals surface area contributed by atoms with Crippen LogP contribution >= 0.6 is 0 Å². The van der Waals surface area contributed by atoms with Crippen molar-refractivity contribution < 1.29 is 13.9 Å². The third-order valence-corrected chi connectivity index (χ3v) is 2.60. The average molecular weight is 224 g/mol. The van der Waals surface area contributed by atoms with Gasteiger partial charge in [0.25, 0.3) is 0 Å². The number of nitrogens with zero attached hydrogens (tertiary/aromatic N) is 1. The van der Waals surface area contributed by atoms with Crippen LogP contribution in [0.15, 0.2) is 18.2 Å². The Labute approximate surface area is 92.8 Å². The van der Waals surface area contributed by atoms with E-state index in [1.807, 2.05) is 0 Å². The number of halogens is 1. The van der Waals surface area contributed by atoms with Crippen LogP contribution in [0.3, 0.4) is 0 Å². The van der Waals surface area contributed by atoms with Gasteiger partial charge in [-0.2, -0.15) is 0 Å². The summed E-state index contributed by atoms with van der Waals surface area (Å²) in [5, 5.41) is 0. The van der Waals surface area contributed by atoms with Crippen LogP contribution in [0.5, 0.6) is 5.75 Å². The minimum atomic E-state index is -0.471. The maximum absolute atomic E-state index is 13.7. The van der Waals surface area contributed by atoms with Crippen molar-refractivity contribution in [2.24, 2.45) is 5.73 Å². The Bertz CT molecular complexity index is 422. The lowest BCUT2D eigenvalue weighted by molar-refractivity contribution is -0.117. The van der Waals surface area contributed by atoms with Crippen molar-refractivity contribution in [3.05, 3.63) is 24.0 Å². The molecule has 16 heavy (non-hydrogen) atoms. The van der Waals surface area contributed by atoms with Crippen LogP contribution in [0, 0.1) is 5.82 Å². The summed E-state index contributed by atoms with van der Waals surface area (Å²) >= 11 is 0. The number of hydrogen-bond acceptors (Lipinski definition) is 3. The fourth-order valence-corrected chi connectivity index (χ4v) is 1.80. The molecule has 1 fully saturated rings. The smallest absolute Gasteiger partial charge is 0.228 e. The molecule has 2 N–H and O–H groups in total. The Hall–Kier alpha value is -1.62. The van der Waals surface area contributed by atoms with Crippen molar-refractivity contribution in [1.29, 1.82) is 0 Å². The fourth-order valence-electron chi connectivity index (χ4n) is 1.80. The quantitative estimate of drug-likeness (QED) is 0.812. The van der Waals surface area contributed by atoms with E-state index >= 15 is 0 Å². The van der Waals surface area contributed by atoms with E-state index in [2.05, 4.69) is 0 Å². The first-order chi connectivity index (χ1) is 7.61. The van der Waals surface area contributed by atoms with Gasteiger partial charge >= 0.3 is 0 Å². The van der Waals surface area contributed by atoms with E-state index in [-0.39, 0.29) is 24.1 Å². The number of carbonyl (C=O) groups is 1. The number of benzene rings is 1. The SMILES string of the molecule is COc1ccc(N2CC(N)CC2=O)c(F)c1. The lowest BCUT2D eigenvalue weighted by atomic mass is 10.2. The Morgan fingerprint density at radius 1 is 1.56 bits per heavy atom. The summed E-state index contributed by atoms with van der Waals surface area (Å²) in [4.78, 5) is 12.9. The fraction of sp³-hybridized carbons (Fsp3) is 0.364. The van der Waals surface area contributed by atoms with Crippen molar-refractivity contribution in [2.75, 3.05) is 18.6 Å². The van der Waals surface area contributed by atoms with Crippen molar-refractivity contribution >= 4 is 11.6 Å². The molecule has 1 amide bonds. The van der Waals surface area contributed by atoms with Gasteiger partial charge in [-0.25, -0.2) is 4.39 Å². The number of carbonyl (C=O) groups excluding carboxylic acids is 1. The normalized spacial score (nSPS) is 20.3. The summed E-state index contributed by atoms with van der Waals surface area (Å²) in [7, 11) is 1.46. The molecule has 1 aromatic rings. The molecule has 0 aromatic heterocycles. The molecule has 0 radical (unpaired) electrons. The van der Waals surface area contributed by atoms with E-state index in [0.717, 1.165) is 0 Å². The number of ether oxygens (including phenoxy) is 1. The molecule has 1 unspecified atom stereocenters. The highest BCUT2D eigenvalue weighted by Crippen LogP contribution is 2.27. The highest BCUT2D eigenvalue weighted by molar-refractivity contribution is 5.96. The summed E-state index contributed by atoms with van der Waals surface area (Å²) in [6, 6.07) is 4.19. The predicted octanol–water partition coefficient (Wildman–Crippen LogP) is 0.898. The molecule has 4 nitrogen and oxygen atoms in total. The van der Waals surface area contributed by atoms with Crippen LogP contribution in [-0.4, -0.2) is 25.6 Å². The van der Waals surface area contributed by atoms with Crippen molar-refractivity contribution in [3.8, 4) is 5.75 Å². The molecule has 1 aliphatic heterocycles. The van der Waals surface area contributed by atoms with Crippen LogP contribution in [0.2, 0.25) is 0 Å². The second kappa shape index (κ2) is 4.09. The van der Waals surface area contributed by atoms with E-state index < -0.39 is 5.82 Å². The van der Waals surface area contributed by atoms with Gasteiger partial charge in [0.15, 0.2) is 5.82 Å². The van der Waals surface area contributed by atoms with Gasteiger partial charge in [0.05, 0.1) is 12.8 Å². The van der Waals surface area contributed by atoms with Crippen molar-refractivity contribution in [1.82, 2.24) is 0 Å². The van der Waals surface area contributed by atoms with E-state index in [1.165, 1.54) is 24.1 Å². The third kappa shape index (κ3) is 1.86. The summed E-state index contributed by atoms with van der Waals surface area (Å²) in [5.41, 5.74) is 5.91. The molecule has 86 valence electrons. The van der Waals surface area contributed by atoms with Crippen molar-refractivity contribution in [3.63, 3.8) is 0 Å². The molecule has 0 bridgehead atoms. The van der Waals surface area contributed by atoms with Gasteiger partial charge in [0.2, 0.25) is 5.91 Å². The molecule has 1 aliphatic rings. The second-order valence-corrected chi connectivity index (χ2v) is 3.79. The number of nitrogens with two attached hydrogens (primary N) is 1. The molecule has 1 atom stereocenters. The molecule has 5 heteroatoms. The molecular formula is C11H13FN2O2. The molecule has 1 heterocycles. The average Bonchev–Trinajstić information content (AvgIpc) is 2.57. The molecule has 0 saturated carbocycles. The predicted molar refractivity (Wildman–Crippen MR) is 57.9 cm³/mol. The Morgan fingerprint density at radius 2 is 2.31 bits per heavy atom. The highest BCUT2D eigenvalue weighted by atomic mass is 19.1. The van der Waals surface area contributed by atoms with E-state index in [4.69, 9.17) is 10.5 Å². The lowest BCUT2D eigenvalue weighted by Crippen LogP contribution is -2.28. The molecule has 1 aromatic carbocycles. The number of methoxy groups -OCH3 is 1. The van der Waals surface area contributed by atoms with Gasteiger partial charge in [-0.15, -0.1) is 0 Å². The Kier molecular flexibility index (Phi) is 2.78. The minimum Gasteiger partial charge on any atom is -0.497 e.